The van der Waals surface area contributed by atoms with Gasteiger partial charge in [0.15, 0.2) is 0 Å². The van der Waals surface area contributed by atoms with Crippen molar-refractivity contribution < 1.29 is 4.79 Å². The first kappa shape index (κ1) is 17.5. The summed E-state index contributed by atoms with van der Waals surface area (Å²) in [4.78, 5) is 16.3. The number of fused-ring (bicyclic) bond motifs is 1. The van der Waals surface area contributed by atoms with E-state index in [0.717, 1.165) is 43.7 Å². The Morgan fingerprint density at radius 1 is 1.13 bits per heavy atom. The van der Waals surface area contributed by atoms with Gasteiger partial charge in [-0.25, -0.2) is 4.98 Å². The van der Waals surface area contributed by atoms with Crippen molar-refractivity contribution in [3.63, 3.8) is 0 Å². The summed E-state index contributed by atoms with van der Waals surface area (Å²) in [6.07, 6.45) is 7.04. The van der Waals surface area contributed by atoms with Crippen LogP contribution in [0.2, 0.25) is 0 Å². The second-order valence-corrected chi connectivity index (χ2v) is 6.08. The normalized spacial score (nSPS) is 11.0. The van der Waals surface area contributed by atoms with Crippen LogP contribution in [0.1, 0.15) is 58.2 Å². The summed E-state index contributed by atoms with van der Waals surface area (Å²) in [6, 6.07) is 8.36. The first-order valence-electron chi connectivity index (χ1n) is 8.97. The van der Waals surface area contributed by atoms with Crippen LogP contribution in [-0.4, -0.2) is 22.0 Å². The number of nitrogens with zero attached hydrogens (tertiary/aromatic N) is 2. The molecule has 1 heterocycles. The Morgan fingerprint density at radius 2 is 1.96 bits per heavy atom. The van der Waals surface area contributed by atoms with Gasteiger partial charge < -0.3 is 9.88 Å². The van der Waals surface area contributed by atoms with Crippen LogP contribution in [-0.2, 0) is 17.8 Å². The van der Waals surface area contributed by atoms with E-state index < -0.39 is 0 Å². The Kier molecular flexibility index (Phi) is 7.11. The quantitative estimate of drug-likeness (QED) is 0.672. The van der Waals surface area contributed by atoms with Crippen LogP contribution in [0.5, 0.6) is 0 Å². The highest BCUT2D eigenvalue weighted by Crippen LogP contribution is 2.18. The number of para-hydroxylation sites is 2. The molecule has 2 rings (SSSR count). The molecule has 0 aliphatic heterocycles. The van der Waals surface area contributed by atoms with E-state index in [1.165, 1.54) is 24.8 Å². The van der Waals surface area contributed by atoms with Gasteiger partial charge in [-0.15, -0.1) is 0 Å². The van der Waals surface area contributed by atoms with E-state index in [-0.39, 0.29) is 5.91 Å². The molecule has 0 saturated carbocycles. The Morgan fingerprint density at radius 3 is 2.74 bits per heavy atom. The number of carbonyl (C=O) groups is 1. The molecule has 23 heavy (non-hydrogen) atoms. The molecule has 0 aliphatic carbocycles. The molecule has 0 atom stereocenters. The van der Waals surface area contributed by atoms with Crippen molar-refractivity contribution in [2.45, 2.75) is 65.3 Å². The number of carbonyl (C=O) groups excluding carboxylic acids is 1. The summed E-state index contributed by atoms with van der Waals surface area (Å²) in [5.74, 6) is 1.30. The van der Waals surface area contributed by atoms with Crippen LogP contribution in [0.15, 0.2) is 24.3 Å². The second-order valence-electron chi connectivity index (χ2n) is 6.08. The molecule has 0 spiro atoms. The van der Waals surface area contributed by atoms with Gasteiger partial charge in [0.05, 0.1) is 11.0 Å². The lowest BCUT2D eigenvalue weighted by Gasteiger charge is -2.09. The fourth-order valence-corrected chi connectivity index (χ4v) is 2.88. The number of aromatic nitrogens is 2. The molecule has 126 valence electrons. The molecule has 4 heteroatoms. The molecular weight excluding hydrogens is 286 g/mol. The van der Waals surface area contributed by atoms with Gasteiger partial charge in [0.2, 0.25) is 5.91 Å². The molecule has 1 aromatic heterocycles. The lowest BCUT2D eigenvalue weighted by atomic mass is 10.2. The van der Waals surface area contributed by atoms with Crippen molar-refractivity contribution in [2.24, 2.45) is 0 Å². The monoisotopic (exact) mass is 315 g/mol. The number of hydrogen-bond acceptors (Lipinski definition) is 2. The molecule has 0 radical (unpaired) electrons. The van der Waals surface area contributed by atoms with Gasteiger partial charge in [-0.2, -0.15) is 0 Å². The summed E-state index contributed by atoms with van der Waals surface area (Å²) in [7, 11) is 0. The van der Waals surface area contributed by atoms with Crippen molar-refractivity contribution in [3.8, 4) is 0 Å². The number of nitrogens with one attached hydrogen (secondary N) is 1. The number of hydrogen-bond donors (Lipinski definition) is 1. The number of benzene rings is 1. The second kappa shape index (κ2) is 9.33. The molecule has 4 nitrogen and oxygen atoms in total. The summed E-state index contributed by atoms with van der Waals surface area (Å²) in [6.45, 7) is 6.02. The zero-order valence-electron chi connectivity index (χ0n) is 14.5. The van der Waals surface area contributed by atoms with Crippen LogP contribution in [0.4, 0.5) is 0 Å². The van der Waals surface area contributed by atoms with E-state index in [4.69, 9.17) is 4.98 Å². The molecular formula is C19H29N3O. The highest BCUT2D eigenvalue weighted by atomic mass is 16.1. The Balaban J connectivity index is 1.98. The molecule has 0 fully saturated rings. The SMILES string of the molecule is CCCCCn1c(CCCNC(=O)CCC)nc2ccccc21. The van der Waals surface area contributed by atoms with Crippen LogP contribution in [0.25, 0.3) is 11.0 Å². The van der Waals surface area contributed by atoms with Crippen molar-refractivity contribution >= 4 is 16.9 Å². The summed E-state index contributed by atoms with van der Waals surface area (Å²) >= 11 is 0. The van der Waals surface area contributed by atoms with Crippen LogP contribution < -0.4 is 5.32 Å². The molecule has 2 aromatic rings. The van der Waals surface area contributed by atoms with E-state index in [0.29, 0.717) is 6.42 Å². The topological polar surface area (TPSA) is 46.9 Å². The zero-order chi connectivity index (χ0) is 16.5. The minimum Gasteiger partial charge on any atom is -0.356 e. The van der Waals surface area contributed by atoms with E-state index in [2.05, 4.69) is 35.0 Å². The van der Waals surface area contributed by atoms with Gasteiger partial charge in [0.25, 0.3) is 0 Å². The lowest BCUT2D eigenvalue weighted by molar-refractivity contribution is -0.121. The van der Waals surface area contributed by atoms with Gasteiger partial charge in [-0.3, -0.25) is 4.79 Å². The number of unbranched alkanes of at least 4 members (excludes halogenated alkanes) is 2. The average Bonchev–Trinajstić information content (AvgIpc) is 2.90. The van der Waals surface area contributed by atoms with Gasteiger partial charge in [-0.05, 0) is 31.4 Å². The summed E-state index contributed by atoms with van der Waals surface area (Å²) < 4.78 is 2.36. The first-order chi connectivity index (χ1) is 11.3. The standard InChI is InChI=1S/C19H29N3O/c1-3-5-8-15-22-17-12-7-6-11-16(17)21-18(22)13-9-14-20-19(23)10-4-2/h6-7,11-12H,3-5,8-10,13-15H2,1-2H3,(H,20,23). The third kappa shape index (κ3) is 5.08. The van der Waals surface area contributed by atoms with Gasteiger partial charge in [-0.1, -0.05) is 38.8 Å². The Labute approximate surface area is 139 Å². The molecule has 0 aliphatic rings. The van der Waals surface area contributed by atoms with E-state index >= 15 is 0 Å². The van der Waals surface area contributed by atoms with Crippen molar-refractivity contribution in [1.82, 2.24) is 14.9 Å². The summed E-state index contributed by atoms with van der Waals surface area (Å²) in [5, 5.41) is 2.98. The van der Waals surface area contributed by atoms with Gasteiger partial charge in [0, 0.05) is 25.9 Å². The van der Waals surface area contributed by atoms with Crippen molar-refractivity contribution in [2.75, 3.05) is 6.54 Å². The van der Waals surface area contributed by atoms with Crippen LogP contribution in [0.3, 0.4) is 0 Å². The van der Waals surface area contributed by atoms with Crippen molar-refractivity contribution in [1.29, 1.82) is 0 Å². The van der Waals surface area contributed by atoms with E-state index in [9.17, 15) is 4.79 Å². The third-order valence-electron chi connectivity index (χ3n) is 4.10. The van der Waals surface area contributed by atoms with E-state index in [1.54, 1.807) is 0 Å². The van der Waals surface area contributed by atoms with Crippen LogP contribution in [0, 0.1) is 0 Å². The number of imidazole rings is 1. The third-order valence-corrected chi connectivity index (χ3v) is 4.10. The van der Waals surface area contributed by atoms with Crippen LogP contribution >= 0.6 is 0 Å². The highest BCUT2D eigenvalue weighted by Gasteiger charge is 2.10. The maximum atomic E-state index is 11.5. The minimum atomic E-state index is 0.156. The molecule has 0 saturated heterocycles. The van der Waals surface area contributed by atoms with Crippen molar-refractivity contribution in [3.05, 3.63) is 30.1 Å². The number of rotatable bonds is 10. The first-order valence-corrected chi connectivity index (χ1v) is 8.97. The zero-order valence-corrected chi connectivity index (χ0v) is 14.5. The largest absolute Gasteiger partial charge is 0.356 e. The minimum absolute atomic E-state index is 0.156. The number of aryl methyl sites for hydroxylation is 2. The van der Waals surface area contributed by atoms with Gasteiger partial charge >= 0.3 is 0 Å². The average molecular weight is 315 g/mol. The Hall–Kier alpha value is -1.84. The molecule has 0 bridgehead atoms. The molecule has 1 amide bonds. The fourth-order valence-electron chi connectivity index (χ4n) is 2.88. The van der Waals surface area contributed by atoms with Gasteiger partial charge in [0.1, 0.15) is 5.82 Å². The Bertz CT molecular complexity index is 618. The molecule has 1 N–H and O–H groups in total. The predicted octanol–water partition coefficient (Wildman–Crippen LogP) is 4.08. The number of amides is 1. The fraction of sp³-hybridized carbons (Fsp3) is 0.579. The summed E-state index contributed by atoms with van der Waals surface area (Å²) in [5.41, 5.74) is 2.31. The smallest absolute Gasteiger partial charge is 0.219 e. The highest BCUT2D eigenvalue weighted by molar-refractivity contribution is 5.76. The predicted molar refractivity (Wildman–Crippen MR) is 95.5 cm³/mol. The van der Waals surface area contributed by atoms with E-state index in [1.807, 2.05) is 13.0 Å². The molecule has 0 unspecified atom stereocenters. The maximum Gasteiger partial charge on any atom is 0.219 e. The molecule has 1 aromatic carbocycles. The maximum absolute atomic E-state index is 11.5. The lowest BCUT2D eigenvalue weighted by Crippen LogP contribution is -2.24.